The van der Waals surface area contributed by atoms with E-state index in [0.29, 0.717) is 11.9 Å². The van der Waals surface area contributed by atoms with E-state index in [-0.39, 0.29) is 18.3 Å². The highest BCUT2D eigenvalue weighted by Crippen LogP contribution is 2.35. The minimum Gasteiger partial charge on any atom is -0.335 e. The van der Waals surface area contributed by atoms with Crippen LogP contribution in [0.25, 0.3) is 0 Å². The molecule has 2 aliphatic rings. The fourth-order valence-electron chi connectivity index (χ4n) is 3.41. The second-order valence-electron chi connectivity index (χ2n) is 5.74. The van der Waals surface area contributed by atoms with Gasteiger partial charge in [0.2, 0.25) is 5.91 Å². The van der Waals surface area contributed by atoms with Crippen LogP contribution in [0, 0.1) is 12.8 Å². The average Bonchev–Trinajstić information content (AvgIpc) is 3.10. The van der Waals surface area contributed by atoms with Crippen LogP contribution in [0.3, 0.4) is 0 Å². The number of halogens is 1. The van der Waals surface area contributed by atoms with Crippen molar-refractivity contribution in [2.75, 3.05) is 19.6 Å². The zero-order chi connectivity index (χ0) is 13.2. The lowest BCUT2D eigenvalue weighted by molar-refractivity contribution is -0.135. The van der Waals surface area contributed by atoms with Crippen LogP contribution in [0.1, 0.15) is 36.4 Å². The number of benzene rings is 1. The number of carbonyl (C=O) groups is 1. The van der Waals surface area contributed by atoms with E-state index in [0.717, 1.165) is 38.9 Å². The lowest BCUT2D eigenvalue weighted by Crippen LogP contribution is -2.36. The Kier molecular flexibility index (Phi) is 5.06. The molecule has 2 aliphatic heterocycles. The van der Waals surface area contributed by atoms with Crippen LogP contribution in [0.5, 0.6) is 0 Å². The van der Waals surface area contributed by atoms with Crippen molar-refractivity contribution in [2.45, 2.75) is 32.2 Å². The number of nitrogens with zero attached hydrogens (tertiary/aromatic N) is 1. The minimum atomic E-state index is 0. The van der Waals surface area contributed by atoms with E-state index in [1.165, 1.54) is 11.1 Å². The van der Waals surface area contributed by atoms with Crippen molar-refractivity contribution in [1.82, 2.24) is 10.2 Å². The number of carbonyl (C=O) groups excluding carboxylic acids is 1. The van der Waals surface area contributed by atoms with Crippen LogP contribution < -0.4 is 5.32 Å². The van der Waals surface area contributed by atoms with Crippen molar-refractivity contribution in [1.29, 1.82) is 0 Å². The number of hydrogen-bond donors (Lipinski definition) is 1. The van der Waals surface area contributed by atoms with Gasteiger partial charge in [-0.2, -0.15) is 0 Å². The van der Waals surface area contributed by atoms with Gasteiger partial charge in [-0.05, 0) is 43.9 Å². The Balaban J connectivity index is 0.00000147. The lowest BCUT2D eigenvalue weighted by Gasteiger charge is -2.28. The molecule has 1 N–H and O–H groups in total. The van der Waals surface area contributed by atoms with Gasteiger partial charge < -0.3 is 10.2 Å². The fraction of sp³-hybridized carbons (Fsp3) is 0.562. The first-order valence-electron chi connectivity index (χ1n) is 7.34. The van der Waals surface area contributed by atoms with E-state index in [4.69, 9.17) is 0 Å². The van der Waals surface area contributed by atoms with Crippen molar-refractivity contribution in [2.24, 2.45) is 5.92 Å². The van der Waals surface area contributed by atoms with Gasteiger partial charge in [0, 0.05) is 13.1 Å². The summed E-state index contributed by atoms with van der Waals surface area (Å²) < 4.78 is 0. The molecule has 1 amide bonds. The summed E-state index contributed by atoms with van der Waals surface area (Å²) in [6, 6.07) is 8.78. The lowest BCUT2D eigenvalue weighted by atomic mass is 9.98. The summed E-state index contributed by atoms with van der Waals surface area (Å²) in [5, 5.41) is 3.30. The molecule has 0 aromatic heterocycles. The van der Waals surface area contributed by atoms with Gasteiger partial charge in [-0.1, -0.05) is 24.3 Å². The van der Waals surface area contributed by atoms with Gasteiger partial charge in [0.15, 0.2) is 0 Å². The predicted molar refractivity (Wildman–Crippen MR) is 83.1 cm³/mol. The second kappa shape index (κ2) is 6.59. The zero-order valence-electron chi connectivity index (χ0n) is 12.0. The van der Waals surface area contributed by atoms with Gasteiger partial charge in [0.1, 0.15) is 0 Å². The highest BCUT2D eigenvalue weighted by atomic mass is 35.5. The standard InChI is InChI=1S/C16H22N2O.ClH/c1-12-5-2-3-6-14(12)15-7-4-10-18(15)16(19)13-8-9-17-11-13;/h2-3,5-6,13,15,17H,4,7-11H2,1H3;1H. The Morgan fingerprint density at radius 2 is 2.10 bits per heavy atom. The van der Waals surface area contributed by atoms with Gasteiger partial charge in [0.25, 0.3) is 0 Å². The van der Waals surface area contributed by atoms with Gasteiger partial charge in [-0.15, -0.1) is 12.4 Å². The van der Waals surface area contributed by atoms with Crippen molar-refractivity contribution in [3.05, 3.63) is 35.4 Å². The normalized spacial score (nSPS) is 25.6. The van der Waals surface area contributed by atoms with Crippen LogP contribution >= 0.6 is 12.4 Å². The van der Waals surface area contributed by atoms with Crippen LogP contribution in [0.4, 0.5) is 0 Å². The summed E-state index contributed by atoms with van der Waals surface area (Å²) in [5.41, 5.74) is 2.64. The van der Waals surface area contributed by atoms with Crippen molar-refractivity contribution in [3.63, 3.8) is 0 Å². The Hall–Kier alpha value is -1.06. The highest BCUT2D eigenvalue weighted by molar-refractivity contribution is 5.85. The van der Waals surface area contributed by atoms with E-state index >= 15 is 0 Å². The zero-order valence-corrected chi connectivity index (χ0v) is 12.8. The Morgan fingerprint density at radius 1 is 1.30 bits per heavy atom. The molecule has 0 spiro atoms. The molecule has 3 nitrogen and oxygen atoms in total. The molecule has 2 fully saturated rings. The molecule has 2 atom stereocenters. The summed E-state index contributed by atoms with van der Waals surface area (Å²) in [6.45, 7) is 4.91. The van der Waals surface area contributed by atoms with Crippen LogP contribution in [-0.4, -0.2) is 30.4 Å². The van der Waals surface area contributed by atoms with Gasteiger partial charge in [-0.3, -0.25) is 4.79 Å². The maximum absolute atomic E-state index is 12.6. The van der Waals surface area contributed by atoms with E-state index < -0.39 is 0 Å². The van der Waals surface area contributed by atoms with Crippen molar-refractivity contribution >= 4 is 18.3 Å². The molecule has 2 unspecified atom stereocenters. The fourth-order valence-corrected chi connectivity index (χ4v) is 3.41. The predicted octanol–water partition coefficient (Wildman–Crippen LogP) is 2.69. The highest BCUT2D eigenvalue weighted by Gasteiger charge is 2.35. The molecule has 110 valence electrons. The first-order chi connectivity index (χ1) is 9.27. The monoisotopic (exact) mass is 294 g/mol. The minimum absolute atomic E-state index is 0. The maximum atomic E-state index is 12.6. The molecule has 0 aliphatic carbocycles. The van der Waals surface area contributed by atoms with E-state index in [9.17, 15) is 4.79 Å². The number of nitrogens with one attached hydrogen (secondary N) is 1. The Morgan fingerprint density at radius 3 is 2.80 bits per heavy atom. The Bertz CT molecular complexity index is 471. The van der Waals surface area contributed by atoms with Gasteiger partial charge >= 0.3 is 0 Å². The summed E-state index contributed by atoms with van der Waals surface area (Å²) in [4.78, 5) is 14.8. The molecule has 1 aromatic rings. The number of likely N-dealkylation sites (tertiary alicyclic amines) is 1. The molecular weight excluding hydrogens is 272 g/mol. The molecule has 4 heteroatoms. The quantitative estimate of drug-likeness (QED) is 0.909. The first kappa shape index (κ1) is 15.3. The van der Waals surface area contributed by atoms with Gasteiger partial charge in [-0.25, -0.2) is 0 Å². The number of rotatable bonds is 2. The molecular formula is C16H23ClN2O. The Labute approximate surface area is 127 Å². The third-order valence-electron chi connectivity index (χ3n) is 4.49. The largest absolute Gasteiger partial charge is 0.335 e. The molecule has 3 rings (SSSR count). The smallest absolute Gasteiger partial charge is 0.227 e. The van der Waals surface area contributed by atoms with E-state index in [2.05, 4.69) is 41.4 Å². The average molecular weight is 295 g/mol. The van der Waals surface area contributed by atoms with Crippen LogP contribution in [0.2, 0.25) is 0 Å². The molecule has 0 bridgehead atoms. The number of hydrogen-bond acceptors (Lipinski definition) is 2. The topological polar surface area (TPSA) is 32.3 Å². The van der Waals surface area contributed by atoms with Crippen molar-refractivity contribution < 1.29 is 4.79 Å². The third kappa shape index (κ3) is 2.84. The summed E-state index contributed by atoms with van der Waals surface area (Å²) in [7, 11) is 0. The van der Waals surface area contributed by atoms with Crippen molar-refractivity contribution in [3.8, 4) is 0 Å². The second-order valence-corrected chi connectivity index (χ2v) is 5.74. The maximum Gasteiger partial charge on any atom is 0.227 e. The molecule has 0 radical (unpaired) electrons. The molecule has 0 saturated carbocycles. The summed E-state index contributed by atoms with van der Waals surface area (Å²) in [6.07, 6.45) is 3.23. The van der Waals surface area contributed by atoms with E-state index in [1.54, 1.807) is 0 Å². The summed E-state index contributed by atoms with van der Waals surface area (Å²) in [5.74, 6) is 0.556. The molecule has 20 heavy (non-hydrogen) atoms. The third-order valence-corrected chi connectivity index (χ3v) is 4.49. The van der Waals surface area contributed by atoms with Gasteiger partial charge in [0.05, 0.1) is 12.0 Å². The first-order valence-corrected chi connectivity index (χ1v) is 7.34. The number of aryl methyl sites for hydroxylation is 1. The van der Waals surface area contributed by atoms with E-state index in [1.807, 2.05) is 0 Å². The van der Waals surface area contributed by atoms with Crippen LogP contribution in [0.15, 0.2) is 24.3 Å². The van der Waals surface area contributed by atoms with Crippen LogP contribution in [-0.2, 0) is 4.79 Å². The summed E-state index contributed by atoms with van der Waals surface area (Å²) >= 11 is 0. The molecule has 2 heterocycles. The SMILES string of the molecule is Cc1ccccc1C1CCCN1C(=O)C1CCNC1.Cl. The number of amides is 1. The molecule has 1 aromatic carbocycles. The molecule has 2 saturated heterocycles.